The molecular formula is C12H22N2O3. The number of hydrogen-bond donors (Lipinski definition) is 2. The van der Waals surface area contributed by atoms with Gasteiger partial charge in [-0.25, -0.2) is 4.79 Å². The highest BCUT2D eigenvalue weighted by Crippen LogP contribution is 2.19. The Labute approximate surface area is 102 Å². The van der Waals surface area contributed by atoms with Gasteiger partial charge in [-0.05, 0) is 32.1 Å². The number of piperidine rings is 1. The minimum atomic E-state index is -0.816. The molecule has 1 aliphatic rings. The van der Waals surface area contributed by atoms with Crippen LogP contribution >= 0.6 is 0 Å². The summed E-state index contributed by atoms with van der Waals surface area (Å²) in [5.74, 6) is -0.816. The highest BCUT2D eigenvalue weighted by Gasteiger charge is 2.24. The Balaban J connectivity index is 2.27. The summed E-state index contributed by atoms with van der Waals surface area (Å²) in [5.41, 5.74) is 0. The molecule has 1 aliphatic heterocycles. The molecule has 98 valence electrons. The molecule has 1 unspecified atom stereocenters. The van der Waals surface area contributed by atoms with Crippen LogP contribution in [0.2, 0.25) is 0 Å². The molecule has 1 saturated heterocycles. The number of carbonyl (C=O) groups is 2. The molecule has 0 aromatic carbocycles. The maximum absolute atomic E-state index is 11.9. The third-order valence-corrected chi connectivity index (χ3v) is 3.20. The number of hydrogen-bond acceptors (Lipinski definition) is 2. The zero-order chi connectivity index (χ0) is 12.7. The average Bonchev–Trinajstić information content (AvgIpc) is 2.34. The maximum Gasteiger partial charge on any atom is 0.317 e. The van der Waals surface area contributed by atoms with Crippen LogP contribution in [0.15, 0.2) is 0 Å². The molecule has 2 amide bonds. The van der Waals surface area contributed by atoms with Crippen molar-refractivity contribution in [2.24, 2.45) is 0 Å². The number of carbonyl (C=O) groups excluding carboxylic acids is 1. The summed E-state index contributed by atoms with van der Waals surface area (Å²) in [6.45, 7) is 3.36. The van der Waals surface area contributed by atoms with Crippen molar-refractivity contribution in [2.75, 3.05) is 13.1 Å². The third-order valence-electron chi connectivity index (χ3n) is 3.20. The molecule has 1 fully saturated rings. The fourth-order valence-electron chi connectivity index (χ4n) is 2.23. The molecule has 0 spiro atoms. The Bertz CT molecular complexity index is 268. The van der Waals surface area contributed by atoms with Crippen LogP contribution in [0.3, 0.4) is 0 Å². The molecule has 0 saturated carbocycles. The zero-order valence-corrected chi connectivity index (χ0v) is 10.4. The predicted octanol–water partition coefficient (Wildman–Crippen LogP) is 1.83. The van der Waals surface area contributed by atoms with E-state index in [1.807, 2.05) is 4.90 Å². The van der Waals surface area contributed by atoms with Crippen molar-refractivity contribution in [3.63, 3.8) is 0 Å². The Morgan fingerprint density at radius 3 is 2.82 bits per heavy atom. The van der Waals surface area contributed by atoms with Gasteiger partial charge in [-0.2, -0.15) is 0 Å². The fraction of sp³-hybridized carbons (Fsp3) is 0.833. The number of rotatable bonds is 5. The number of carboxylic acid groups (broad SMARTS) is 1. The summed E-state index contributed by atoms with van der Waals surface area (Å²) in [4.78, 5) is 24.1. The van der Waals surface area contributed by atoms with E-state index in [9.17, 15) is 9.59 Å². The summed E-state index contributed by atoms with van der Waals surface area (Å²) in [7, 11) is 0. The Kier molecular flexibility index (Phi) is 5.80. The SMILES string of the molecule is CCC1CCCCN1C(=O)NCCCC(=O)O. The Hall–Kier alpha value is -1.26. The van der Waals surface area contributed by atoms with E-state index in [1.54, 1.807) is 0 Å². The van der Waals surface area contributed by atoms with Crippen LogP contribution in [0.1, 0.15) is 45.4 Å². The molecule has 1 atom stereocenters. The summed E-state index contributed by atoms with van der Waals surface area (Å²) in [6.07, 6.45) is 4.94. The number of nitrogens with zero attached hydrogens (tertiary/aromatic N) is 1. The molecule has 0 radical (unpaired) electrons. The van der Waals surface area contributed by atoms with Crippen LogP contribution < -0.4 is 5.32 Å². The van der Waals surface area contributed by atoms with Crippen molar-refractivity contribution in [1.29, 1.82) is 0 Å². The predicted molar refractivity (Wildman–Crippen MR) is 64.9 cm³/mol. The smallest absolute Gasteiger partial charge is 0.317 e. The second-order valence-electron chi connectivity index (χ2n) is 4.48. The van der Waals surface area contributed by atoms with Crippen LogP contribution in [0.25, 0.3) is 0 Å². The Morgan fingerprint density at radius 2 is 2.18 bits per heavy atom. The minimum absolute atomic E-state index is 0.0399. The first-order valence-corrected chi connectivity index (χ1v) is 6.41. The van der Waals surface area contributed by atoms with E-state index >= 15 is 0 Å². The van der Waals surface area contributed by atoms with Crippen molar-refractivity contribution in [3.05, 3.63) is 0 Å². The van der Waals surface area contributed by atoms with E-state index in [4.69, 9.17) is 5.11 Å². The second-order valence-corrected chi connectivity index (χ2v) is 4.48. The van der Waals surface area contributed by atoms with Crippen LogP contribution in [0.5, 0.6) is 0 Å². The van der Waals surface area contributed by atoms with Crippen LogP contribution in [-0.4, -0.2) is 41.1 Å². The van der Waals surface area contributed by atoms with Crippen molar-refractivity contribution < 1.29 is 14.7 Å². The van der Waals surface area contributed by atoms with Crippen LogP contribution in [-0.2, 0) is 4.79 Å². The number of carboxylic acids is 1. The van der Waals surface area contributed by atoms with Crippen molar-refractivity contribution in [1.82, 2.24) is 10.2 Å². The second kappa shape index (κ2) is 7.14. The van der Waals surface area contributed by atoms with E-state index in [1.165, 1.54) is 6.42 Å². The summed E-state index contributed by atoms with van der Waals surface area (Å²) in [5, 5.41) is 11.3. The molecule has 17 heavy (non-hydrogen) atoms. The lowest BCUT2D eigenvalue weighted by atomic mass is 10.0. The molecule has 1 heterocycles. The van der Waals surface area contributed by atoms with Gasteiger partial charge in [-0.3, -0.25) is 4.79 Å². The number of amides is 2. The molecule has 2 N–H and O–H groups in total. The van der Waals surface area contributed by atoms with Gasteiger partial charge in [0.1, 0.15) is 0 Å². The van der Waals surface area contributed by atoms with E-state index in [0.29, 0.717) is 19.0 Å². The molecule has 5 heteroatoms. The quantitative estimate of drug-likeness (QED) is 0.722. The Morgan fingerprint density at radius 1 is 1.41 bits per heavy atom. The van der Waals surface area contributed by atoms with Gasteiger partial charge in [0.05, 0.1) is 0 Å². The van der Waals surface area contributed by atoms with Gasteiger partial charge < -0.3 is 15.3 Å². The van der Waals surface area contributed by atoms with Gasteiger partial charge in [0, 0.05) is 25.6 Å². The van der Waals surface area contributed by atoms with Gasteiger partial charge in [0.15, 0.2) is 0 Å². The minimum Gasteiger partial charge on any atom is -0.481 e. The van der Waals surface area contributed by atoms with E-state index in [0.717, 1.165) is 25.8 Å². The van der Waals surface area contributed by atoms with Gasteiger partial charge in [-0.1, -0.05) is 6.92 Å². The zero-order valence-electron chi connectivity index (χ0n) is 10.4. The number of nitrogens with one attached hydrogen (secondary N) is 1. The molecule has 0 aliphatic carbocycles. The first-order valence-electron chi connectivity index (χ1n) is 6.41. The molecule has 5 nitrogen and oxygen atoms in total. The van der Waals surface area contributed by atoms with E-state index in [-0.39, 0.29) is 12.5 Å². The monoisotopic (exact) mass is 242 g/mol. The standard InChI is InChI=1S/C12H22N2O3/c1-2-10-6-3-4-9-14(10)12(17)13-8-5-7-11(15)16/h10H,2-9H2,1H3,(H,13,17)(H,15,16). The molecule has 0 bridgehead atoms. The van der Waals surface area contributed by atoms with Crippen LogP contribution in [0, 0.1) is 0 Å². The fourth-order valence-corrected chi connectivity index (χ4v) is 2.23. The van der Waals surface area contributed by atoms with Crippen LogP contribution in [0.4, 0.5) is 4.79 Å². The van der Waals surface area contributed by atoms with Gasteiger partial charge in [0.2, 0.25) is 0 Å². The normalized spacial score (nSPS) is 20.1. The average molecular weight is 242 g/mol. The lowest BCUT2D eigenvalue weighted by Crippen LogP contribution is -2.48. The first-order chi connectivity index (χ1) is 8.15. The van der Waals surface area contributed by atoms with E-state index < -0.39 is 5.97 Å². The van der Waals surface area contributed by atoms with Crippen molar-refractivity contribution in [2.45, 2.75) is 51.5 Å². The highest BCUT2D eigenvalue weighted by atomic mass is 16.4. The number of urea groups is 1. The molecule has 1 rings (SSSR count). The molecule has 0 aromatic rings. The topological polar surface area (TPSA) is 69.6 Å². The molecule has 0 aromatic heterocycles. The molecular weight excluding hydrogens is 220 g/mol. The largest absolute Gasteiger partial charge is 0.481 e. The lowest BCUT2D eigenvalue weighted by molar-refractivity contribution is -0.137. The first kappa shape index (κ1) is 13.8. The summed E-state index contributed by atoms with van der Waals surface area (Å²) >= 11 is 0. The van der Waals surface area contributed by atoms with Gasteiger partial charge in [-0.15, -0.1) is 0 Å². The van der Waals surface area contributed by atoms with Gasteiger partial charge >= 0.3 is 12.0 Å². The summed E-state index contributed by atoms with van der Waals surface area (Å²) < 4.78 is 0. The third kappa shape index (κ3) is 4.63. The van der Waals surface area contributed by atoms with Crippen molar-refractivity contribution >= 4 is 12.0 Å². The van der Waals surface area contributed by atoms with Crippen molar-refractivity contribution in [3.8, 4) is 0 Å². The number of likely N-dealkylation sites (tertiary alicyclic amines) is 1. The van der Waals surface area contributed by atoms with Gasteiger partial charge in [0.25, 0.3) is 0 Å². The number of aliphatic carboxylic acids is 1. The summed E-state index contributed by atoms with van der Waals surface area (Å²) in [6, 6.07) is 0.310. The highest BCUT2D eigenvalue weighted by molar-refractivity contribution is 5.74. The lowest BCUT2D eigenvalue weighted by Gasteiger charge is -2.35. The maximum atomic E-state index is 11.9. The van der Waals surface area contributed by atoms with E-state index in [2.05, 4.69) is 12.2 Å².